The van der Waals surface area contributed by atoms with Gasteiger partial charge in [-0.1, -0.05) is 37.8 Å². The van der Waals surface area contributed by atoms with Gasteiger partial charge in [-0.2, -0.15) is 0 Å². The molecule has 0 bridgehead atoms. The van der Waals surface area contributed by atoms with Gasteiger partial charge in [0.25, 0.3) is 5.56 Å². The number of pyridine rings is 1. The molecule has 1 aliphatic carbocycles. The topological polar surface area (TPSA) is 79.7 Å². The molecule has 0 amide bonds. The van der Waals surface area contributed by atoms with Gasteiger partial charge in [-0.05, 0) is 105 Å². The molecule has 1 N–H and O–H groups in total. The number of tetrazole rings is 1. The summed E-state index contributed by atoms with van der Waals surface area (Å²) < 4.78 is 1.96. The van der Waals surface area contributed by atoms with Crippen LogP contribution in [0.5, 0.6) is 0 Å². The van der Waals surface area contributed by atoms with Gasteiger partial charge in [0.1, 0.15) is 6.04 Å². The number of likely N-dealkylation sites (tertiary alicyclic amines) is 1. The SMILES string of the molecule is CCC(C)(C)n1nnnc1[C@H](c1cc2cc(C)cc(C)c2[nH]c1=O)N1CCCC2(CCCCC2)C1. The van der Waals surface area contributed by atoms with Crippen molar-refractivity contribution in [1.29, 1.82) is 0 Å². The van der Waals surface area contributed by atoms with Gasteiger partial charge in [-0.25, -0.2) is 4.68 Å². The summed E-state index contributed by atoms with van der Waals surface area (Å²) in [5.41, 5.74) is 4.02. The van der Waals surface area contributed by atoms with Crippen molar-refractivity contribution in [3.05, 3.63) is 51.1 Å². The van der Waals surface area contributed by atoms with Crippen molar-refractivity contribution in [2.24, 2.45) is 5.41 Å². The Hall–Kier alpha value is -2.54. The number of piperidine rings is 1. The number of aromatic nitrogens is 5. The van der Waals surface area contributed by atoms with Crippen molar-refractivity contribution >= 4 is 10.9 Å². The van der Waals surface area contributed by atoms with E-state index in [1.165, 1.54) is 44.1 Å². The van der Waals surface area contributed by atoms with Crippen LogP contribution in [0, 0.1) is 19.3 Å². The van der Waals surface area contributed by atoms with Crippen molar-refractivity contribution < 1.29 is 0 Å². The number of nitrogens with zero attached hydrogens (tertiary/aromatic N) is 5. The molecule has 1 saturated carbocycles. The Bertz CT molecular complexity index is 1260. The predicted octanol–water partition coefficient (Wildman–Crippen LogP) is 5.41. The molecule has 188 valence electrons. The van der Waals surface area contributed by atoms with Gasteiger partial charge >= 0.3 is 0 Å². The Morgan fingerprint density at radius 3 is 2.57 bits per heavy atom. The second kappa shape index (κ2) is 9.16. The number of nitrogens with one attached hydrogen (secondary N) is 1. The van der Waals surface area contributed by atoms with E-state index in [1.807, 2.05) is 4.68 Å². The van der Waals surface area contributed by atoms with Crippen LogP contribution in [0.25, 0.3) is 10.9 Å². The van der Waals surface area contributed by atoms with Crippen LogP contribution in [0.2, 0.25) is 0 Å². The fourth-order valence-electron chi connectivity index (χ4n) is 6.53. The molecule has 0 unspecified atom stereocenters. The van der Waals surface area contributed by atoms with Crippen LogP contribution in [-0.4, -0.2) is 43.2 Å². The van der Waals surface area contributed by atoms with E-state index in [0.29, 0.717) is 5.41 Å². The van der Waals surface area contributed by atoms with Crippen molar-refractivity contribution in [2.45, 2.75) is 97.6 Å². The molecule has 2 aromatic heterocycles. The highest BCUT2D eigenvalue weighted by Crippen LogP contribution is 2.45. The molecule has 2 aliphatic rings. The Kier molecular flexibility index (Phi) is 6.32. The summed E-state index contributed by atoms with van der Waals surface area (Å²) in [7, 11) is 0. The fraction of sp³-hybridized carbons (Fsp3) is 0.643. The van der Waals surface area contributed by atoms with Crippen LogP contribution in [0.4, 0.5) is 0 Å². The maximum atomic E-state index is 13.7. The smallest absolute Gasteiger partial charge is 0.253 e. The van der Waals surface area contributed by atoms with E-state index >= 15 is 0 Å². The molecule has 2 fully saturated rings. The van der Waals surface area contributed by atoms with Crippen molar-refractivity contribution in [2.75, 3.05) is 13.1 Å². The van der Waals surface area contributed by atoms with Gasteiger partial charge in [-0.3, -0.25) is 9.69 Å². The average Bonchev–Trinajstić information content (AvgIpc) is 3.31. The summed E-state index contributed by atoms with van der Waals surface area (Å²) in [6.07, 6.45) is 9.88. The highest BCUT2D eigenvalue weighted by molar-refractivity contribution is 5.83. The fourth-order valence-corrected chi connectivity index (χ4v) is 6.53. The first kappa shape index (κ1) is 24.2. The summed E-state index contributed by atoms with van der Waals surface area (Å²) in [6.45, 7) is 12.6. The first-order chi connectivity index (χ1) is 16.7. The van der Waals surface area contributed by atoms with E-state index in [-0.39, 0.29) is 17.1 Å². The lowest BCUT2D eigenvalue weighted by Gasteiger charge is -2.47. The molecule has 1 aromatic carbocycles. The first-order valence-corrected chi connectivity index (χ1v) is 13.4. The number of rotatable bonds is 5. The van der Waals surface area contributed by atoms with E-state index in [2.05, 4.69) is 78.2 Å². The maximum absolute atomic E-state index is 13.7. The van der Waals surface area contributed by atoms with Crippen LogP contribution in [0.15, 0.2) is 23.0 Å². The number of aromatic amines is 1. The molecule has 1 aliphatic heterocycles. The molecule has 7 heteroatoms. The first-order valence-electron chi connectivity index (χ1n) is 13.4. The van der Waals surface area contributed by atoms with Crippen LogP contribution >= 0.6 is 0 Å². The third-order valence-electron chi connectivity index (χ3n) is 8.76. The summed E-state index contributed by atoms with van der Waals surface area (Å²) >= 11 is 0. The van der Waals surface area contributed by atoms with E-state index in [9.17, 15) is 4.79 Å². The van der Waals surface area contributed by atoms with Crippen LogP contribution < -0.4 is 5.56 Å². The van der Waals surface area contributed by atoms with Crippen molar-refractivity contribution in [3.63, 3.8) is 0 Å². The average molecular weight is 477 g/mol. The van der Waals surface area contributed by atoms with E-state index < -0.39 is 0 Å². The van der Waals surface area contributed by atoms with Gasteiger partial charge in [0.2, 0.25) is 0 Å². The lowest BCUT2D eigenvalue weighted by Crippen LogP contribution is -2.48. The maximum Gasteiger partial charge on any atom is 0.253 e. The van der Waals surface area contributed by atoms with Gasteiger partial charge in [0, 0.05) is 12.1 Å². The van der Waals surface area contributed by atoms with E-state index in [4.69, 9.17) is 0 Å². The summed E-state index contributed by atoms with van der Waals surface area (Å²) in [4.78, 5) is 19.4. The lowest BCUT2D eigenvalue weighted by molar-refractivity contribution is 0.0326. The van der Waals surface area contributed by atoms with Gasteiger partial charge in [0.15, 0.2) is 5.82 Å². The molecule has 3 heterocycles. The van der Waals surface area contributed by atoms with Gasteiger partial charge < -0.3 is 4.98 Å². The van der Waals surface area contributed by atoms with Gasteiger partial charge in [-0.15, -0.1) is 5.10 Å². The zero-order chi connectivity index (χ0) is 24.8. The second-order valence-corrected chi connectivity index (χ2v) is 11.8. The highest BCUT2D eigenvalue weighted by Gasteiger charge is 2.42. The third-order valence-corrected chi connectivity index (χ3v) is 8.76. The van der Waals surface area contributed by atoms with Crippen molar-refractivity contribution in [1.82, 2.24) is 30.1 Å². The molecule has 1 saturated heterocycles. The molecule has 0 radical (unpaired) electrons. The van der Waals surface area contributed by atoms with E-state index in [0.717, 1.165) is 53.8 Å². The minimum Gasteiger partial charge on any atom is -0.321 e. The third kappa shape index (κ3) is 4.44. The summed E-state index contributed by atoms with van der Waals surface area (Å²) in [5.74, 6) is 0.777. The number of aryl methyl sites for hydroxylation is 2. The van der Waals surface area contributed by atoms with Gasteiger partial charge in [0.05, 0.1) is 11.1 Å². The Morgan fingerprint density at radius 1 is 1.09 bits per heavy atom. The minimum absolute atomic E-state index is 0.0402. The Balaban J connectivity index is 1.68. The van der Waals surface area contributed by atoms with Crippen LogP contribution in [-0.2, 0) is 5.54 Å². The normalized spacial score (nSPS) is 19.9. The van der Waals surface area contributed by atoms with Crippen LogP contribution in [0.1, 0.15) is 101 Å². The number of hydrogen-bond acceptors (Lipinski definition) is 5. The van der Waals surface area contributed by atoms with Crippen molar-refractivity contribution in [3.8, 4) is 0 Å². The number of fused-ring (bicyclic) bond motifs is 1. The molecular formula is C28H40N6O. The second-order valence-electron chi connectivity index (χ2n) is 11.8. The van der Waals surface area contributed by atoms with Crippen LogP contribution in [0.3, 0.4) is 0 Å². The minimum atomic E-state index is -0.274. The number of H-pyrrole nitrogens is 1. The zero-order valence-corrected chi connectivity index (χ0v) is 22.0. The quantitative estimate of drug-likeness (QED) is 0.532. The number of hydrogen-bond donors (Lipinski definition) is 1. The van der Waals surface area contributed by atoms with E-state index in [1.54, 1.807) is 0 Å². The monoisotopic (exact) mass is 476 g/mol. The molecule has 1 spiro atoms. The largest absolute Gasteiger partial charge is 0.321 e. The molecule has 3 aromatic rings. The molecule has 1 atom stereocenters. The number of benzene rings is 1. The highest BCUT2D eigenvalue weighted by atomic mass is 16.1. The zero-order valence-electron chi connectivity index (χ0n) is 22.0. The molecule has 7 nitrogen and oxygen atoms in total. The Morgan fingerprint density at radius 2 is 1.83 bits per heavy atom. The predicted molar refractivity (Wildman–Crippen MR) is 140 cm³/mol. The summed E-state index contributed by atoms with van der Waals surface area (Å²) in [5, 5.41) is 14.2. The summed E-state index contributed by atoms with van der Waals surface area (Å²) in [6, 6.07) is 6.11. The standard InChI is InChI=1S/C28H40N6O/c1-6-27(4,5)34-25(30-31-32-34)24(33-14-10-13-28(18-33)11-8-7-9-12-28)22-17-21-16-19(2)15-20(3)23(21)29-26(22)35/h15-17,24H,6-14,18H2,1-5H3,(H,29,35)/t24-/m0/s1. The molecule has 5 rings (SSSR count). The molecule has 35 heavy (non-hydrogen) atoms. The molecular weight excluding hydrogens is 436 g/mol. The Labute approximate surface area is 208 Å². The lowest BCUT2D eigenvalue weighted by atomic mass is 9.69.